The van der Waals surface area contributed by atoms with Crippen molar-refractivity contribution in [3.63, 3.8) is 0 Å². The Morgan fingerprint density at radius 2 is 2.05 bits per heavy atom. The van der Waals surface area contributed by atoms with E-state index in [1.165, 1.54) is 23.8 Å². The monoisotopic (exact) mass is 275 g/mol. The molecule has 0 spiro atoms. The predicted octanol–water partition coefficient (Wildman–Crippen LogP) is 4.53. The van der Waals surface area contributed by atoms with Crippen molar-refractivity contribution in [3.8, 4) is 10.4 Å². The maximum absolute atomic E-state index is 13.4. The number of benzene rings is 1. The number of rotatable bonds is 4. The minimum Gasteiger partial charge on any atom is -0.312 e. The lowest BCUT2D eigenvalue weighted by atomic mass is 10.1. The van der Waals surface area contributed by atoms with Gasteiger partial charge in [-0.1, -0.05) is 6.07 Å². The molecule has 1 aromatic carbocycles. The Morgan fingerprint density at radius 3 is 2.74 bits per heavy atom. The third-order valence-corrected chi connectivity index (χ3v) is 5.00. The SMILES string of the molecule is CNC(c1ccc(-c2cc(F)ccc2C)s1)C1CC1. The smallest absolute Gasteiger partial charge is 0.123 e. The highest BCUT2D eigenvalue weighted by Crippen LogP contribution is 2.44. The summed E-state index contributed by atoms with van der Waals surface area (Å²) in [5, 5.41) is 3.41. The zero-order valence-corrected chi connectivity index (χ0v) is 12.1. The Bertz CT molecular complexity index is 586. The lowest BCUT2D eigenvalue weighted by Gasteiger charge is -2.12. The molecule has 1 unspecified atom stereocenters. The quantitative estimate of drug-likeness (QED) is 0.864. The van der Waals surface area contributed by atoms with Crippen molar-refractivity contribution in [2.24, 2.45) is 5.92 Å². The fourth-order valence-corrected chi connectivity index (χ4v) is 3.86. The van der Waals surface area contributed by atoms with E-state index < -0.39 is 0 Å². The minimum absolute atomic E-state index is 0.164. The van der Waals surface area contributed by atoms with E-state index in [1.54, 1.807) is 17.4 Å². The molecule has 0 saturated heterocycles. The highest BCUT2D eigenvalue weighted by Gasteiger charge is 2.32. The van der Waals surface area contributed by atoms with Crippen LogP contribution in [-0.4, -0.2) is 7.05 Å². The summed E-state index contributed by atoms with van der Waals surface area (Å²) in [5.74, 6) is 0.619. The van der Waals surface area contributed by atoms with E-state index in [1.807, 2.05) is 20.0 Å². The van der Waals surface area contributed by atoms with Crippen LogP contribution in [0.2, 0.25) is 0 Å². The molecule has 0 bridgehead atoms. The summed E-state index contributed by atoms with van der Waals surface area (Å²) in [6, 6.07) is 9.77. The van der Waals surface area contributed by atoms with Gasteiger partial charge in [-0.25, -0.2) is 4.39 Å². The van der Waals surface area contributed by atoms with Crippen molar-refractivity contribution in [3.05, 3.63) is 46.6 Å². The van der Waals surface area contributed by atoms with Crippen LogP contribution in [0.15, 0.2) is 30.3 Å². The molecule has 1 saturated carbocycles. The van der Waals surface area contributed by atoms with Crippen LogP contribution in [-0.2, 0) is 0 Å². The summed E-state index contributed by atoms with van der Waals surface area (Å²) in [6.45, 7) is 2.03. The fraction of sp³-hybridized carbons (Fsp3) is 0.375. The first-order chi connectivity index (χ1) is 9.19. The van der Waals surface area contributed by atoms with E-state index in [0.717, 1.165) is 21.9 Å². The molecule has 1 atom stereocenters. The fourth-order valence-electron chi connectivity index (χ4n) is 2.56. The Morgan fingerprint density at radius 1 is 1.26 bits per heavy atom. The van der Waals surface area contributed by atoms with Crippen LogP contribution in [0.3, 0.4) is 0 Å². The topological polar surface area (TPSA) is 12.0 Å². The van der Waals surface area contributed by atoms with E-state index in [9.17, 15) is 4.39 Å². The lowest BCUT2D eigenvalue weighted by Crippen LogP contribution is -2.16. The van der Waals surface area contributed by atoms with E-state index in [4.69, 9.17) is 0 Å². The Labute approximate surface area is 117 Å². The maximum atomic E-state index is 13.4. The molecule has 0 aliphatic heterocycles. The van der Waals surface area contributed by atoms with Gasteiger partial charge in [-0.15, -0.1) is 11.3 Å². The first kappa shape index (κ1) is 12.8. The number of hydrogen-bond acceptors (Lipinski definition) is 2. The van der Waals surface area contributed by atoms with Gasteiger partial charge in [-0.3, -0.25) is 0 Å². The van der Waals surface area contributed by atoms with Crippen molar-refractivity contribution in [2.75, 3.05) is 7.05 Å². The van der Waals surface area contributed by atoms with E-state index >= 15 is 0 Å². The van der Waals surface area contributed by atoms with Crippen molar-refractivity contribution in [1.29, 1.82) is 0 Å². The second-order valence-corrected chi connectivity index (χ2v) is 6.38. The molecule has 1 fully saturated rings. The number of aryl methyl sites for hydroxylation is 1. The van der Waals surface area contributed by atoms with Crippen LogP contribution >= 0.6 is 11.3 Å². The number of thiophene rings is 1. The normalized spacial score (nSPS) is 16.6. The van der Waals surface area contributed by atoms with Crippen molar-refractivity contribution in [2.45, 2.75) is 25.8 Å². The van der Waals surface area contributed by atoms with E-state index in [0.29, 0.717) is 6.04 Å². The minimum atomic E-state index is -0.164. The van der Waals surface area contributed by atoms with Gasteiger partial charge in [-0.2, -0.15) is 0 Å². The zero-order valence-electron chi connectivity index (χ0n) is 11.2. The van der Waals surface area contributed by atoms with Crippen LogP contribution in [0.5, 0.6) is 0 Å². The van der Waals surface area contributed by atoms with Gasteiger partial charge in [0.05, 0.1) is 0 Å². The zero-order chi connectivity index (χ0) is 13.4. The maximum Gasteiger partial charge on any atom is 0.123 e. The highest BCUT2D eigenvalue weighted by atomic mass is 32.1. The molecule has 100 valence electrons. The Balaban J connectivity index is 1.94. The van der Waals surface area contributed by atoms with Gasteiger partial charge in [0.2, 0.25) is 0 Å². The highest BCUT2D eigenvalue weighted by molar-refractivity contribution is 7.15. The average Bonchev–Trinajstić information content (AvgIpc) is 3.11. The molecular formula is C16H18FNS. The van der Waals surface area contributed by atoms with Crippen LogP contribution in [0.25, 0.3) is 10.4 Å². The molecule has 1 N–H and O–H groups in total. The second kappa shape index (κ2) is 5.06. The molecule has 1 aromatic heterocycles. The summed E-state index contributed by atoms with van der Waals surface area (Å²) in [6.07, 6.45) is 2.63. The first-order valence-electron chi connectivity index (χ1n) is 6.72. The summed E-state index contributed by atoms with van der Waals surface area (Å²) < 4.78 is 13.4. The summed E-state index contributed by atoms with van der Waals surface area (Å²) in [5.41, 5.74) is 2.14. The van der Waals surface area contributed by atoms with Gasteiger partial charge < -0.3 is 5.32 Å². The largest absolute Gasteiger partial charge is 0.312 e. The number of nitrogens with one attached hydrogen (secondary N) is 1. The molecule has 2 aromatic rings. The Hall–Kier alpha value is -1.19. The molecule has 3 heteroatoms. The third kappa shape index (κ3) is 2.58. The summed E-state index contributed by atoms with van der Waals surface area (Å²) >= 11 is 1.78. The van der Waals surface area contributed by atoms with Gasteiger partial charge in [0.1, 0.15) is 5.82 Å². The lowest BCUT2D eigenvalue weighted by molar-refractivity contribution is 0.537. The molecule has 1 aliphatic carbocycles. The summed E-state index contributed by atoms with van der Waals surface area (Å²) in [4.78, 5) is 2.52. The van der Waals surface area contributed by atoms with Gasteiger partial charge in [0.15, 0.2) is 0 Å². The Kier molecular flexibility index (Phi) is 3.42. The molecule has 0 amide bonds. The first-order valence-corrected chi connectivity index (χ1v) is 7.54. The number of hydrogen-bond donors (Lipinski definition) is 1. The van der Waals surface area contributed by atoms with Crippen LogP contribution in [0, 0.1) is 18.7 Å². The van der Waals surface area contributed by atoms with Crippen LogP contribution in [0.1, 0.15) is 29.3 Å². The molecule has 3 rings (SSSR count). The summed E-state index contributed by atoms with van der Waals surface area (Å²) in [7, 11) is 2.02. The van der Waals surface area contributed by atoms with Crippen molar-refractivity contribution < 1.29 is 4.39 Å². The second-order valence-electron chi connectivity index (χ2n) is 5.27. The van der Waals surface area contributed by atoms with E-state index in [-0.39, 0.29) is 5.82 Å². The molecule has 1 aliphatic rings. The molecule has 1 heterocycles. The standard InChI is InChI=1S/C16H18FNS/c1-10-3-6-12(17)9-13(10)14-7-8-15(19-14)16(18-2)11-4-5-11/h3,6-9,11,16,18H,4-5H2,1-2H3. The van der Waals surface area contributed by atoms with Gasteiger partial charge in [0, 0.05) is 15.8 Å². The van der Waals surface area contributed by atoms with Crippen molar-refractivity contribution >= 4 is 11.3 Å². The van der Waals surface area contributed by atoms with Crippen LogP contribution < -0.4 is 5.32 Å². The van der Waals surface area contributed by atoms with Gasteiger partial charge in [-0.05, 0) is 68.1 Å². The molecule has 1 nitrogen and oxygen atoms in total. The van der Waals surface area contributed by atoms with Crippen LogP contribution in [0.4, 0.5) is 4.39 Å². The predicted molar refractivity (Wildman–Crippen MR) is 79.0 cm³/mol. The number of halogens is 1. The molecule has 0 radical (unpaired) electrons. The van der Waals surface area contributed by atoms with Crippen molar-refractivity contribution in [1.82, 2.24) is 5.32 Å². The molecular weight excluding hydrogens is 257 g/mol. The molecule has 19 heavy (non-hydrogen) atoms. The van der Waals surface area contributed by atoms with E-state index in [2.05, 4.69) is 17.4 Å². The van der Waals surface area contributed by atoms with Gasteiger partial charge in [0.25, 0.3) is 0 Å². The average molecular weight is 275 g/mol. The third-order valence-electron chi connectivity index (χ3n) is 3.80. The van der Waals surface area contributed by atoms with Gasteiger partial charge >= 0.3 is 0 Å².